The molecule has 0 bridgehead atoms. The molecule has 5 nitrogen and oxygen atoms in total. The second kappa shape index (κ2) is 7.90. The van der Waals surface area contributed by atoms with E-state index in [1.165, 1.54) is 0 Å². The Labute approximate surface area is 183 Å². The van der Waals surface area contributed by atoms with Gasteiger partial charge in [0.2, 0.25) is 0 Å². The Hall–Kier alpha value is -3.04. The Morgan fingerprint density at radius 3 is 2.71 bits per heavy atom. The van der Waals surface area contributed by atoms with Gasteiger partial charge in [-0.15, -0.1) is 11.3 Å². The number of nitrogens with zero attached hydrogens (tertiary/aromatic N) is 1. The molecule has 3 N–H and O–H groups in total. The fourth-order valence-electron chi connectivity index (χ4n) is 3.08. The molecule has 4 rings (SSSR count). The lowest BCUT2D eigenvalue weighted by Gasteiger charge is -2.11. The fraction of sp³-hybridized carbons (Fsp3) is 0.143. The van der Waals surface area contributed by atoms with Crippen LogP contribution in [-0.4, -0.2) is 17.5 Å². The van der Waals surface area contributed by atoms with Gasteiger partial charge in [0.15, 0.2) is 0 Å². The average Bonchev–Trinajstić information content (AvgIpc) is 3.03. The number of nitrogen functional groups attached to an aromatic ring is 1. The number of fused-ring (bicyclic) bond motifs is 2. The summed E-state index contributed by atoms with van der Waals surface area (Å²) in [5, 5.41) is 3.76. The fourth-order valence-corrected chi connectivity index (χ4v) is 4.23. The number of anilines is 2. The lowest BCUT2D eigenvalue weighted by atomic mass is 10.1. The number of hydrogen-bond acceptors (Lipinski definition) is 5. The highest BCUT2D eigenvalue weighted by molar-refractivity contribution is 7.21. The molecule has 0 atom stereocenters. The zero-order valence-electron chi connectivity index (χ0n) is 16.0. The van der Waals surface area contributed by atoms with Gasteiger partial charge in [-0.2, -0.15) is 13.2 Å². The predicted molar refractivity (Wildman–Crippen MR) is 117 cm³/mol. The van der Waals surface area contributed by atoms with Crippen LogP contribution in [0.15, 0.2) is 42.5 Å². The molecular weight excluding hydrogens is 451 g/mol. The minimum Gasteiger partial charge on any atom is -0.494 e. The second-order valence-corrected chi connectivity index (χ2v) is 8.03. The first kappa shape index (κ1) is 21.2. The van der Waals surface area contributed by atoms with Gasteiger partial charge in [0.05, 0.1) is 34.1 Å². The Kier molecular flexibility index (Phi) is 5.40. The van der Waals surface area contributed by atoms with Crippen molar-refractivity contribution in [3.05, 3.63) is 57.9 Å². The van der Waals surface area contributed by atoms with E-state index in [0.717, 1.165) is 34.9 Å². The second-order valence-electron chi connectivity index (χ2n) is 6.62. The van der Waals surface area contributed by atoms with E-state index < -0.39 is 17.6 Å². The van der Waals surface area contributed by atoms with Gasteiger partial charge in [0.25, 0.3) is 5.91 Å². The largest absolute Gasteiger partial charge is 0.494 e. The molecule has 4 aromatic rings. The molecule has 0 radical (unpaired) electrons. The third kappa shape index (κ3) is 4.11. The number of aromatic nitrogens is 1. The van der Waals surface area contributed by atoms with E-state index in [2.05, 4.69) is 10.3 Å². The van der Waals surface area contributed by atoms with Gasteiger partial charge >= 0.3 is 6.18 Å². The van der Waals surface area contributed by atoms with E-state index >= 15 is 0 Å². The molecule has 2 heterocycles. The number of nitrogens with two attached hydrogens (primary N) is 1. The summed E-state index contributed by atoms with van der Waals surface area (Å²) in [5.74, 6) is 0.0166. The SMILES string of the molecule is CCOc1ccc2nc3sc(C(=O)Nc4cc(C(F)(F)F)ccc4Cl)c(N)c3cc2c1. The number of alkyl halides is 3. The number of carbonyl (C=O) groups is 1. The average molecular weight is 466 g/mol. The summed E-state index contributed by atoms with van der Waals surface area (Å²) >= 11 is 7.03. The minimum absolute atomic E-state index is 0.0200. The molecule has 0 unspecified atom stereocenters. The van der Waals surface area contributed by atoms with Gasteiger partial charge in [-0.3, -0.25) is 4.79 Å². The van der Waals surface area contributed by atoms with Crippen molar-refractivity contribution in [3.63, 3.8) is 0 Å². The first-order valence-corrected chi connectivity index (χ1v) is 10.3. The van der Waals surface area contributed by atoms with Crippen molar-refractivity contribution in [1.82, 2.24) is 4.98 Å². The molecular formula is C21H15ClF3N3O2S. The van der Waals surface area contributed by atoms with Crippen molar-refractivity contribution < 1.29 is 22.7 Å². The number of hydrogen-bond donors (Lipinski definition) is 2. The third-order valence-corrected chi connectivity index (χ3v) is 5.99. The maximum absolute atomic E-state index is 13.0. The van der Waals surface area contributed by atoms with Gasteiger partial charge in [0.1, 0.15) is 15.5 Å². The topological polar surface area (TPSA) is 77.2 Å². The monoisotopic (exact) mass is 465 g/mol. The molecule has 2 aromatic heterocycles. The molecule has 31 heavy (non-hydrogen) atoms. The molecule has 0 aliphatic rings. The van der Waals surface area contributed by atoms with Crippen LogP contribution in [0.1, 0.15) is 22.2 Å². The zero-order chi connectivity index (χ0) is 22.3. The summed E-state index contributed by atoms with van der Waals surface area (Å²) in [6.07, 6.45) is -4.56. The van der Waals surface area contributed by atoms with Crippen molar-refractivity contribution in [3.8, 4) is 5.75 Å². The first-order chi connectivity index (χ1) is 14.7. The normalized spacial score (nSPS) is 11.8. The number of rotatable bonds is 4. The number of benzene rings is 2. The van der Waals surface area contributed by atoms with Crippen molar-refractivity contribution in [2.24, 2.45) is 0 Å². The van der Waals surface area contributed by atoms with Crippen LogP contribution in [0.5, 0.6) is 5.75 Å². The van der Waals surface area contributed by atoms with Crippen LogP contribution in [0.3, 0.4) is 0 Å². The minimum atomic E-state index is -4.56. The van der Waals surface area contributed by atoms with Crippen LogP contribution >= 0.6 is 22.9 Å². The van der Waals surface area contributed by atoms with Gasteiger partial charge in [-0.25, -0.2) is 4.98 Å². The van der Waals surface area contributed by atoms with Gasteiger partial charge < -0.3 is 15.8 Å². The molecule has 10 heteroatoms. The number of ether oxygens (including phenoxy) is 1. The van der Waals surface area contributed by atoms with Gasteiger partial charge in [-0.1, -0.05) is 11.6 Å². The lowest BCUT2D eigenvalue weighted by molar-refractivity contribution is -0.137. The van der Waals surface area contributed by atoms with E-state index in [4.69, 9.17) is 22.1 Å². The van der Waals surface area contributed by atoms with E-state index in [1.54, 1.807) is 18.2 Å². The number of carbonyl (C=O) groups excluding carboxylic acids is 1. The molecule has 0 spiro atoms. The highest BCUT2D eigenvalue weighted by atomic mass is 35.5. The summed E-state index contributed by atoms with van der Waals surface area (Å²) < 4.78 is 44.5. The lowest BCUT2D eigenvalue weighted by Crippen LogP contribution is -2.13. The molecule has 2 aromatic carbocycles. The molecule has 0 fully saturated rings. The van der Waals surface area contributed by atoms with Crippen LogP contribution in [0, 0.1) is 0 Å². The van der Waals surface area contributed by atoms with Crippen molar-refractivity contribution in [2.75, 3.05) is 17.7 Å². The highest BCUT2D eigenvalue weighted by Gasteiger charge is 2.31. The Bertz CT molecular complexity index is 1320. The van der Waals surface area contributed by atoms with Crippen molar-refractivity contribution >= 4 is 61.3 Å². The summed E-state index contributed by atoms with van der Waals surface area (Å²) in [7, 11) is 0. The summed E-state index contributed by atoms with van der Waals surface area (Å²) in [4.78, 5) is 18.0. The zero-order valence-corrected chi connectivity index (χ0v) is 17.6. The van der Waals surface area contributed by atoms with E-state index in [-0.39, 0.29) is 21.3 Å². The number of amides is 1. The molecule has 0 aliphatic carbocycles. The summed E-state index contributed by atoms with van der Waals surface area (Å²) in [6.45, 7) is 2.40. The molecule has 0 saturated carbocycles. The standard InChI is InChI=1S/C21H15ClF3N3O2S/c1-2-30-12-4-6-15-10(7-12)8-13-17(26)18(31-20(13)28-15)19(29)27-16-9-11(21(23,24)25)3-5-14(16)22/h3-9H,2,26H2,1H3,(H,27,29). The number of nitrogens with one attached hydrogen (secondary N) is 1. The molecule has 1 amide bonds. The van der Waals surface area contributed by atoms with E-state index in [1.807, 2.05) is 13.0 Å². The quantitative estimate of drug-likeness (QED) is 0.368. The van der Waals surface area contributed by atoms with Crippen molar-refractivity contribution in [2.45, 2.75) is 13.1 Å². The Morgan fingerprint density at radius 1 is 1.23 bits per heavy atom. The molecule has 0 saturated heterocycles. The van der Waals surface area contributed by atoms with Gasteiger partial charge in [-0.05, 0) is 49.4 Å². The van der Waals surface area contributed by atoms with Crippen LogP contribution in [-0.2, 0) is 6.18 Å². The van der Waals surface area contributed by atoms with E-state index in [0.29, 0.717) is 28.1 Å². The number of thiophene rings is 1. The van der Waals surface area contributed by atoms with Crippen molar-refractivity contribution in [1.29, 1.82) is 0 Å². The Morgan fingerprint density at radius 2 is 2.00 bits per heavy atom. The van der Waals surface area contributed by atoms with Crippen LogP contribution in [0.25, 0.3) is 21.1 Å². The summed E-state index contributed by atoms with van der Waals surface area (Å²) in [6, 6.07) is 9.94. The number of pyridine rings is 1. The highest BCUT2D eigenvalue weighted by Crippen LogP contribution is 2.37. The first-order valence-electron chi connectivity index (χ1n) is 9.11. The predicted octanol–water partition coefficient (Wildman–Crippen LogP) is 6.35. The Balaban J connectivity index is 1.72. The third-order valence-electron chi connectivity index (χ3n) is 4.54. The van der Waals surface area contributed by atoms with Crippen LogP contribution in [0.2, 0.25) is 5.02 Å². The maximum atomic E-state index is 13.0. The maximum Gasteiger partial charge on any atom is 0.416 e. The number of halogens is 4. The van der Waals surface area contributed by atoms with E-state index in [9.17, 15) is 18.0 Å². The van der Waals surface area contributed by atoms with Crippen LogP contribution in [0.4, 0.5) is 24.5 Å². The smallest absolute Gasteiger partial charge is 0.416 e. The molecule has 0 aliphatic heterocycles. The van der Waals surface area contributed by atoms with Gasteiger partial charge in [0, 0.05) is 10.8 Å². The molecule has 160 valence electrons. The summed E-state index contributed by atoms with van der Waals surface area (Å²) in [5.41, 5.74) is 6.00. The van der Waals surface area contributed by atoms with Crippen LogP contribution < -0.4 is 15.8 Å².